The van der Waals surface area contributed by atoms with Gasteiger partial charge in [-0.3, -0.25) is 0 Å². The zero-order valence-corrected chi connectivity index (χ0v) is 12.9. The molecule has 0 aliphatic carbocycles. The van der Waals surface area contributed by atoms with Crippen molar-refractivity contribution in [2.45, 2.75) is 52.0 Å². The van der Waals surface area contributed by atoms with E-state index in [1.807, 2.05) is 38.1 Å². The first-order chi connectivity index (χ1) is 9.41. The molecule has 0 spiro atoms. The topological polar surface area (TPSA) is 61.4 Å². The average Bonchev–Trinajstić information content (AvgIpc) is 2.39. The molecule has 0 saturated carbocycles. The number of aliphatic hydroxyl groups excluding tert-OH is 1. The molecule has 0 bridgehead atoms. The number of para-hydroxylation sites is 1. The standard InChI is InChI=1S/C16H26N2O2/c1-5-10-16(4,11-19)18-15(20)17-14-9-7-6-8-13(14)12(2)3/h6-9,12,19H,5,10-11H2,1-4H3,(H2,17,18,20). The first-order valence-corrected chi connectivity index (χ1v) is 7.21. The van der Waals surface area contributed by atoms with Gasteiger partial charge in [0, 0.05) is 5.69 Å². The third kappa shape index (κ3) is 4.53. The summed E-state index contributed by atoms with van der Waals surface area (Å²) in [5.41, 5.74) is 1.34. The van der Waals surface area contributed by atoms with Gasteiger partial charge in [-0.15, -0.1) is 0 Å². The van der Waals surface area contributed by atoms with Crippen molar-refractivity contribution in [1.29, 1.82) is 0 Å². The lowest BCUT2D eigenvalue weighted by atomic mass is 9.97. The van der Waals surface area contributed by atoms with E-state index in [2.05, 4.69) is 24.5 Å². The second kappa shape index (κ2) is 7.29. The van der Waals surface area contributed by atoms with Crippen LogP contribution in [0.25, 0.3) is 0 Å². The Hall–Kier alpha value is -1.55. The lowest BCUT2D eigenvalue weighted by molar-refractivity contribution is 0.167. The van der Waals surface area contributed by atoms with Crippen molar-refractivity contribution >= 4 is 11.7 Å². The summed E-state index contributed by atoms with van der Waals surface area (Å²) in [6.07, 6.45) is 1.64. The van der Waals surface area contributed by atoms with E-state index in [1.54, 1.807) is 0 Å². The molecule has 0 aliphatic rings. The molecule has 1 aromatic carbocycles. The summed E-state index contributed by atoms with van der Waals surface area (Å²) in [5.74, 6) is 0.339. The van der Waals surface area contributed by atoms with Crippen molar-refractivity contribution in [3.63, 3.8) is 0 Å². The van der Waals surface area contributed by atoms with Crippen LogP contribution in [-0.4, -0.2) is 23.3 Å². The SMILES string of the molecule is CCCC(C)(CO)NC(=O)Nc1ccccc1C(C)C. The number of carbonyl (C=O) groups is 1. The van der Waals surface area contributed by atoms with E-state index < -0.39 is 5.54 Å². The molecular weight excluding hydrogens is 252 g/mol. The van der Waals surface area contributed by atoms with Crippen LogP contribution in [0.4, 0.5) is 10.5 Å². The van der Waals surface area contributed by atoms with Gasteiger partial charge in [0.2, 0.25) is 0 Å². The molecule has 4 heteroatoms. The molecule has 4 nitrogen and oxygen atoms in total. The molecule has 0 heterocycles. The molecule has 1 atom stereocenters. The number of anilines is 1. The number of rotatable bonds is 6. The molecule has 0 radical (unpaired) electrons. The fraction of sp³-hybridized carbons (Fsp3) is 0.562. The smallest absolute Gasteiger partial charge is 0.319 e. The van der Waals surface area contributed by atoms with E-state index in [9.17, 15) is 9.90 Å². The lowest BCUT2D eigenvalue weighted by Gasteiger charge is -2.28. The van der Waals surface area contributed by atoms with Crippen molar-refractivity contribution in [3.8, 4) is 0 Å². The van der Waals surface area contributed by atoms with Crippen LogP contribution in [0.3, 0.4) is 0 Å². The highest BCUT2D eigenvalue weighted by atomic mass is 16.3. The molecule has 0 aliphatic heterocycles. The molecule has 3 N–H and O–H groups in total. The molecule has 0 aromatic heterocycles. The summed E-state index contributed by atoms with van der Waals surface area (Å²) < 4.78 is 0. The third-order valence-corrected chi connectivity index (χ3v) is 3.40. The van der Waals surface area contributed by atoms with Gasteiger partial charge in [-0.1, -0.05) is 45.4 Å². The van der Waals surface area contributed by atoms with Gasteiger partial charge in [0.15, 0.2) is 0 Å². The summed E-state index contributed by atoms with van der Waals surface area (Å²) in [6, 6.07) is 7.50. The number of nitrogens with one attached hydrogen (secondary N) is 2. The summed E-state index contributed by atoms with van der Waals surface area (Å²) in [6.45, 7) is 7.99. The minimum Gasteiger partial charge on any atom is -0.394 e. The maximum Gasteiger partial charge on any atom is 0.319 e. The normalized spacial score (nSPS) is 13.9. The van der Waals surface area contributed by atoms with Crippen LogP contribution >= 0.6 is 0 Å². The molecule has 0 saturated heterocycles. The van der Waals surface area contributed by atoms with Crippen LogP contribution in [0.2, 0.25) is 0 Å². The minimum atomic E-state index is -0.578. The van der Waals surface area contributed by atoms with E-state index in [0.29, 0.717) is 5.92 Å². The number of aliphatic hydroxyl groups is 1. The minimum absolute atomic E-state index is 0.0694. The van der Waals surface area contributed by atoms with Crippen LogP contribution in [0.5, 0.6) is 0 Å². The van der Waals surface area contributed by atoms with Crippen molar-refractivity contribution < 1.29 is 9.90 Å². The summed E-state index contributed by atoms with van der Waals surface area (Å²) in [7, 11) is 0. The Labute approximate surface area is 121 Å². The van der Waals surface area contributed by atoms with Gasteiger partial charge >= 0.3 is 6.03 Å². The quantitative estimate of drug-likeness (QED) is 0.746. The molecule has 112 valence electrons. The zero-order valence-electron chi connectivity index (χ0n) is 12.9. The number of amides is 2. The highest BCUT2D eigenvalue weighted by Crippen LogP contribution is 2.23. The number of urea groups is 1. The van der Waals surface area contributed by atoms with Crippen molar-refractivity contribution in [3.05, 3.63) is 29.8 Å². The zero-order chi connectivity index (χ0) is 15.2. The highest BCUT2D eigenvalue weighted by molar-refractivity contribution is 5.90. The molecule has 1 unspecified atom stereocenters. The van der Waals surface area contributed by atoms with E-state index in [-0.39, 0.29) is 12.6 Å². The van der Waals surface area contributed by atoms with Crippen LogP contribution in [0.15, 0.2) is 24.3 Å². The van der Waals surface area contributed by atoms with Crippen LogP contribution in [0.1, 0.15) is 52.0 Å². The number of hydrogen-bond acceptors (Lipinski definition) is 2. The Bertz CT molecular complexity index is 446. The predicted octanol–water partition coefficient (Wildman–Crippen LogP) is 3.48. The van der Waals surface area contributed by atoms with Gasteiger partial charge in [0.05, 0.1) is 12.1 Å². The van der Waals surface area contributed by atoms with Crippen LogP contribution in [-0.2, 0) is 0 Å². The second-order valence-electron chi connectivity index (χ2n) is 5.79. The van der Waals surface area contributed by atoms with Crippen LogP contribution < -0.4 is 10.6 Å². The Morgan fingerprint density at radius 2 is 2.00 bits per heavy atom. The summed E-state index contributed by atoms with van der Waals surface area (Å²) >= 11 is 0. The van der Waals surface area contributed by atoms with Gasteiger partial charge < -0.3 is 15.7 Å². The largest absolute Gasteiger partial charge is 0.394 e. The third-order valence-electron chi connectivity index (χ3n) is 3.40. The maximum atomic E-state index is 12.1. The number of benzene rings is 1. The fourth-order valence-electron chi connectivity index (χ4n) is 2.27. The highest BCUT2D eigenvalue weighted by Gasteiger charge is 2.24. The Morgan fingerprint density at radius 1 is 1.35 bits per heavy atom. The molecule has 20 heavy (non-hydrogen) atoms. The molecule has 1 aromatic rings. The monoisotopic (exact) mass is 278 g/mol. The van der Waals surface area contributed by atoms with Crippen molar-refractivity contribution in [2.24, 2.45) is 0 Å². The van der Waals surface area contributed by atoms with Gasteiger partial charge in [-0.05, 0) is 30.9 Å². The molecular formula is C16H26N2O2. The van der Waals surface area contributed by atoms with Gasteiger partial charge in [-0.25, -0.2) is 4.79 Å². The Morgan fingerprint density at radius 3 is 2.55 bits per heavy atom. The van der Waals surface area contributed by atoms with E-state index in [1.165, 1.54) is 0 Å². The fourth-order valence-corrected chi connectivity index (χ4v) is 2.27. The van der Waals surface area contributed by atoms with Crippen molar-refractivity contribution in [1.82, 2.24) is 5.32 Å². The first-order valence-electron chi connectivity index (χ1n) is 7.21. The molecule has 0 fully saturated rings. The van der Waals surface area contributed by atoms with E-state index >= 15 is 0 Å². The average molecular weight is 278 g/mol. The summed E-state index contributed by atoms with van der Waals surface area (Å²) in [5, 5.41) is 15.2. The maximum absolute atomic E-state index is 12.1. The Kier molecular flexibility index (Phi) is 6.02. The summed E-state index contributed by atoms with van der Waals surface area (Å²) in [4.78, 5) is 12.1. The second-order valence-corrected chi connectivity index (χ2v) is 5.79. The van der Waals surface area contributed by atoms with Crippen molar-refractivity contribution in [2.75, 3.05) is 11.9 Å². The van der Waals surface area contributed by atoms with Crippen LogP contribution in [0, 0.1) is 0 Å². The Balaban J connectivity index is 2.76. The number of carbonyl (C=O) groups excluding carboxylic acids is 1. The molecule has 2 amide bonds. The van der Waals surface area contributed by atoms with Gasteiger partial charge in [0.25, 0.3) is 0 Å². The van der Waals surface area contributed by atoms with Gasteiger partial charge in [-0.2, -0.15) is 0 Å². The lowest BCUT2D eigenvalue weighted by Crippen LogP contribution is -2.50. The first kappa shape index (κ1) is 16.5. The molecule has 1 rings (SSSR count). The predicted molar refractivity (Wildman–Crippen MR) is 83.1 cm³/mol. The van der Waals surface area contributed by atoms with Gasteiger partial charge in [0.1, 0.15) is 0 Å². The number of hydrogen-bond donors (Lipinski definition) is 3. The van der Waals surface area contributed by atoms with E-state index in [4.69, 9.17) is 0 Å². The van der Waals surface area contributed by atoms with E-state index in [0.717, 1.165) is 24.1 Å².